The molecular weight excluding hydrogens is 151 g/mol. The number of hydrogen-bond acceptors (Lipinski definition) is 2. The zero-order valence-corrected chi connectivity index (χ0v) is 5.77. The maximum Gasteiger partial charge on any atom is 0.235 e. The fourth-order valence-corrected chi connectivity index (χ4v) is 0.400. The molecule has 8 heavy (non-hydrogen) atoms. The van der Waals surface area contributed by atoms with Crippen LogP contribution in [0.4, 0.5) is 0 Å². The normalized spacial score (nSPS) is 15.8. The molecule has 0 spiro atoms. The Labute approximate surface area is 60.0 Å². The average Bonchev–Trinajstić information content (AvgIpc) is 1.86. The van der Waals surface area contributed by atoms with Crippen LogP contribution in [-0.2, 0) is 4.79 Å². The van der Waals surface area contributed by atoms with Gasteiger partial charge in [-0.15, -0.1) is 24.8 Å². The number of hydrogen-bond donors (Lipinski definition) is 2. The predicted molar refractivity (Wildman–Crippen MR) is 35.3 cm³/mol. The summed E-state index contributed by atoms with van der Waals surface area (Å²) < 4.78 is 0. The highest BCUT2D eigenvalue weighted by molar-refractivity contribution is 5.85. The first kappa shape index (κ1) is 10.9. The quantitative estimate of drug-likeness (QED) is 0.516. The van der Waals surface area contributed by atoms with Crippen molar-refractivity contribution in [2.45, 2.75) is 6.42 Å². The van der Waals surface area contributed by atoms with E-state index in [-0.39, 0.29) is 30.7 Å². The van der Waals surface area contributed by atoms with E-state index in [1.54, 1.807) is 0 Å². The molecular formula is C3H8Cl2N2O. The lowest BCUT2D eigenvalue weighted by molar-refractivity contribution is -0.119. The van der Waals surface area contributed by atoms with E-state index in [2.05, 4.69) is 10.9 Å². The van der Waals surface area contributed by atoms with Gasteiger partial charge in [0.25, 0.3) is 0 Å². The van der Waals surface area contributed by atoms with Crippen molar-refractivity contribution >= 4 is 30.7 Å². The molecule has 1 amide bonds. The summed E-state index contributed by atoms with van der Waals surface area (Å²) in [5.74, 6) is 0.0926. The smallest absolute Gasteiger partial charge is 0.235 e. The highest BCUT2D eigenvalue weighted by Gasteiger charge is 2.04. The van der Waals surface area contributed by atoms with Gasteiger partial charge in [-0.05, 0) is 0 Å². The van der Waals surface area contributed by atoms with Crippen molar-refractivity contribution in [1.29, 1.82) is 0 Å². The van der Waals surface area contributed by atoms with E-state index >= 15 is 0 Å². The van der Waals surface area contributed by atoms with Gasteiger partial charge in [0.05, 0.1) is 0 Å². The summed E-state index contributed by atoms with van der Waals surface area (Å²) in [6, 6.07) is 0. The predicted octanol–water partition coefficient (Wildman–Crippen LogP) is -0.146. The summed E-state index contributed by atoms with van der Waals surface area (Å²) in [5.41, 5.74) is 5.10. The summed E-state index contributed by atoms with van der Waals surface area (Å²) in [6.07, 6.45) is 0.625. The molecule has 0 bridgehead atoms. The average molecular weight is 159 g/mol. The summed E-state index contributed by atoms with van der Waals surface area (Å²) in [7, 11) is 0. The zero-order chi connectivity index (χ0) is 4.41. The minimum Gasteiger partial charge on any atom is -0.292 e. The Morgan fingerprint density at radius 1 is 1.38 bits per heavy atom. The number of amides is 1. The van der Waals surface area contributed by atoms with Crippen molar-refractivity contribution in [2.75, 3.05) is 6.54 Å². The van der Waals surface area contributed by atoms with Crippen LogP contribution >= 0.6 is 24.8 Å². The molecule has 0 unspecified atom stereocenters. The van der Waals surface area contributed by atoms with Gasteiger partial charge < -0.3 is 0 Å². The minimum atomic E-state index is 0. The van der Waals surface area contributed by atoms with E-state index in [1.807, 2.05) is 0 Å². The molecule has 0 saturated carbocycles. The van der Waals surface area contributed by atoms with E-state index in [1.165, 1.54) is 0 Å². The van der Waals surface area contributed by atoms with Crippen molar-refractivity contribution in [3.63, 3.8) is 0 Å². The molecule has 1 fully saturated rings. The lowest BCUT2D eigenvalue weighted by Gasteiger charge is -1.83. The highest BCUT2D eigenvalue weighted by Crippen LogP contribution is 1.79. The van der Waals surface area contributed by atoms with E-state index in [4.69, 9.17) is 0 Å². The lowest BCUT2D eigenvalue weighted by Crippen LogP contribution is -2.25. The molecule has 50 valence electrons. The van der Waals surface area contributed by atoms with Gasteiger partial charge in [-0.1, -0.05) is 0 Å². The van der Waals surface area contributed by atoms with Crippen molar-refractivity contribution < 1.29 is 4.79 Å². The maximum atomic E-state index is 10.1. The van der Waals surface area contributed by atoms with Crippen LogP contribution in [0.15, 0.2) is 0 Å². The van der Waals surface area contributed by atoms with E-state index in [9.17, 15) is 4.79 Å². The monoisotopic (exact) mass is 158 g/mol. The fraction of sp³-hybridized carbons (Fsp3) is 0.667. The Morgan fingerprint density at radius 3 is 2.12 bits per heavy atom. The largest absolute Gasteiger partial charge is 0.292 e. The van der Waals surface area contributed by atoms with Gasteiger partial charge in [-0.3, -0.25) is 10.2 Å². The van der Waals surface area contributed by atoms with Gasteiger partial charge in [0, 0.05) is 13.0 Å². The van der Waals surface area contributed by atoms with Crippen molar-refractivity contribution in [3.05, 3.63) is 0 Å². The van der Waals surface area contributed by atoms with Crippen molar-refractivity contribution in [3.8, 4) is 0 Å². The zero-order valence-electron chi connectivity index (χ0n) is 4.14. The fourth-order valence-electron chi connectivity index (χ4n) is 0.400. The van der Waals surface area contributed by atoms with Gasteiger partial charge in [0.1, 0.15) is 0 Å². The molecule has 0 aromatic heterocycles. The highest BCUT2D eigenvalue weighted by atomic mass is 35.5. The SMILES string of the molecule is Cl.Cl.O=C1CCNN1. The first-order valence-corrected chi connectivity index (χ1v) is 1.91. The van der Waals surface area contributed by atoms with Crippen LogP contribution in [-0.4, -0.2) is 12.5 Å². The van der Waals surface area contributed by atoms with Crippen LogP contribution in [0.5, 0.6) is 0 Å². The number of halogens is 2. The molecule has 1 aliphatic heterocycles. The summed E-state index contributed by atoms with van der Waals surface area (Å²) >= 11 is 0. The van der Waals surface area contributed by atoms with Crippen LogP contribution in [0.25, 0.3) is 0 Å². The molecule has 1 saturated heterocycles. The van der Waals surface area contributed by atoms with E-state index < -0.39 is 0 Å². The van der Waals surface area contributed by atoms with Gasteiger partial charge in [0.2, 0.25) is 5.91 Å². The molecule has 0 radical (unpaired) electrons. The molecule has 0 aromatic carbocycles. The first-order valence-electron chi connectivity index (χ1n) is 1.91. The Hall–Kier alpha value is 0.01000. The van der Waals surface area contributed by atoms with Crippen molar-refractivity contribution in [1.82, 2.24) is 10.9 Å². The topological polar surface area (TPSA) is 41.1 Å². The third-order valence-corrected chi connectivity index (χ3v) is 0.705. The third kappa shape index (κ3) is 3.07. The minimum absolute atomic E-state index is 0. The number of carbonyl (C=O) groups is 1. The number of rotatable bonds is 0. The Morgan fingerprint density at radius 2 is 2.00 bits per heavy atom. The van der Waals surface area contributed by atoms with Crippen LogP contribution < -0.4 is 10.9 Å². The molecule has 1 heterocycles. The lowest BCUT2D eigenvalue weighted by atomic mass is 10.5. The molecule has 1 aliphatic rings. The van der Waals surface area contributed by atoms with Gasteiger partial charge in [-0.25, -0.2) is 5.43 Å². The van der Waals surface area contributed by atoms with Crippen molar-refractivity contribution in [2.24, 2.45) is 0 Å². The Balaban J connectivity index is 0. The van der Waals surface area contributed by atoms with Crippen LogP contribution in [0.1, 0.15) is 6.42 Å². The van der Waals surface area contributed by atoms with Gasteiger partial charge in [0.15, 0.2) is 0 Å². The van der Waals surface area contributed by atoms with E-state index in [0.717, 1.165) is 6.54 Å². The number of hydrazine groups is 1. The summed E-state index contributed by atoms with van der Waals surface area (Å²) in [5, 5.41) is 0. The third-order valence-electron chi connectivity index (χ3n) is 0.705. The second-order valence-electron chi connectivity index (χ2n) is 1.22. The Kier molecular flexibility index (Phi) is 7.02. The number of carbonyl (C=O) groups excluding carboxylic acids is 1. The standard InChI is InChI=1S/C3H6N2O.2ClH/c6-3-1-2-4-5-3;;/h4H,1-2H2,(H,5,6);2*1H. The van der Waals surface area contributed by atoms with Gasteiger partial charge in [-0.2, -0.15) is 0 Å². The second-order valence-corrected chi connectivity index (χ2v) is 1.22. The van der Waals surface area contributed by atoms with Crippen LogP contribution in [0, 0.1) is 0 Å². The summed E-state index contributed by atoms with van der Waals surface area (Å²) in [4.78, 5) is 10.1. The first-order chi connectivity index (χ1) is 2.89. The number of nitrogens with one attached hydrogen (secondary N) is 2. The molecule has 0 atom stereocenters. The molecule has 5 heteroatoms. The molecule has 0 aromatic rings. The van der Waals surface area contributed by atoms with E-state index in [0.29, 0.717) is 6.42 Å². The molecule has 1 rings (SSSR count). The molecule has 3 nitrogen and oxygen atoms in total. The van der Waals surface area contributed by atoms with Crippen LogP contribution in [0.2, 0.25) is 0 Å². The second kappa shape index (κ2) is 5.15. The Bertz CT molecular complexity index is 69.7. The molecule has 2 N–H and O–H groups in total. The van der Waals surface area contributed by atoms with Crippen LogP contribution in [0.3, 0.4) is 0 Å². The van der Waals surface area contributed by atoms with Gasteiger partial charge >= 0.3 is 0 Å². The summed E-state index contributed by atoms with van der Waals surface area (Å²) in [6.45, 7) is 0.777. The molecule has 0 aliphatic carbocycles. The maximum absolute atomic E-state index is 10.1.